The van der Waals surface area contributed by atoms with Gasteiger partial charge < -0.3 is 34.8 Å². The van der Waals surface area contributed by atoms with Crippen molar-refractivity contribution in [3.63, 3.8) is 0 Å². The quantitative estimate of drug-likeness (QED) is 0.214. The summed E-state index contributed by atoms with van der Waals surface area (Å²) in [5, 5.41) is 9.84. The highest BCUT2D eigenvalue weighted by Crippen LogP contribution is 2.31. The number of esters is 1. The molecule has 0 aliphatic carbocycles. The van der Waals surface area contributed by atoms with Crippen molar-refractivity contribution < 1.29 is 28.4 Å². The Balaban J connectivity index is 0.000000303. The first-order chi connectivity index (χ1) is 24.2. The molecule has 51 heavy (non-hydrogen) atoms. The monoisotopic (exact) mass is 720 g/mol. The second kappa shape index (κ2) is 15.7. The van der Waals surface area contributed by atoms with Gasteiger partial charge in [0.2, 0.25) is 11.7 Å². The predicted octanol–water partition coefficient (Wildman–Crippen LogP) is 5.98. The Bertz CT molecular complexity index is 1870. The number of thiazole rings is 1. The number of nitrogens with zero attached hydrogens (tertiary/aromatic N) is 6. The van der Waals surface area contributed by atoms with E-state index in [0.29, 0.717) is 47.0 Å². The molecule has 2 aliphatic rings. The lowest BCUT2D eigenvalue weighted by Gasteiger charge is -2.27. The Morgan fingerprint density at radius 3 is 2.45 bits per heavy atom. The van der Waals surface area contributed by atoms with Crippen LogP contribution in [0.4, 0.5) is 10.6 Å². The van der Waals surface area contributed by atoms with Crippen molar-refractivity contribution in [1.82, 2.24) is 29.9 Å². The molecule has 3 aromatic heterocycles. The molecule has 274 valence electrons. The molecule has 0 saturated carbocycles. The summed E-state index contributed by atoms with van der Waals surface area (Å²) in [4.78, 5) is 54.5. The van der Waals surface area contributed by atoms with Crippen LogP contribution in [-0.4, -0.2) is 97.3 Å². The van der Waals surface area contributed by atoms with Crippen LogP contribution in [0.5, 0.6) is 0 Å². The van der Waals surface area contributed by atoms with E-state index in [9.17, 15) is 14.4 Å². The fourth-order valence-electron chi connectivity index (χ4n) is 6.04. The lowest BCUT2D eigenvalue weighted by molar-refractivity contribution is 0.0233. The van der Waals surface area contributed by atoms with Crippen LogP contribution in [0.15, 0.2) is 35.0 Å². The van der Waals surface area contributed by atoms with E-state index in [1.54, 1.807) is 29.8 Å². The third-order valence-corrected chi connectivity index (χ3v) is 10.1. The number of nitrogens with one attached hydrogen (secondary N) is 1. The molecule has 6 rings (SSSR count). The molecule has 2 saturated heterocycles. The molecule has 1 aromatic carbocycles. The zero-order valence-electron chi connectivity index (χ0n) is 30.6. The third kappa shape index (κ3) is 8.82. The van der Waals surface area contributed by atoms with Crippen LogP contribution in [-0.2, 0) is 9.47 Å². The Morgan fingerprint density at radius 2 is 1.80 bits per heavy atom. The molecule has 0 radical (unpaired) electrons. The van der Waals surface area contributed by atoms with E-state index in [1.807, 2.05) is 65.8 Å². The number of hydrogen-bond donors (Lipinski definition) is 2. The number of likely N-dealkylation sites (tertiary alicyclic amines) is 2. The van der Waals surface area contributed by atoms with E-state index in [1.165, 1.54) is 0 Å². The van der Waals surface area contributed by atoms with E-state index in [0.717, 1.165) is 52.8 Å². The summed E-state index contributed by atoms with van der Waals surface area (Å²) in [5.74, 6) is 1.15. The van der Waals surface area contributed by atoms with E-state index >= 15 is 0 Å². The number of aromatic nitrogens is 4. The number of fused-ring (bicyclic) bond motifs is 1. The fourth-order valence-corrected chi connectivity index (χ4v) is 6.95. The lowest BCUT2D eigenvalue weighted by atomic mass is 10.1. The fraction of sp³-hybridized carbons (Fsp3) is 0.528. The number of carbonyl (C=O) groups excluding carboxylic acids is 3. The van der Waals surface area contributed by atoms with Crippen molar-refractivity contribution in [3.8, 4) is 11.4 Å². The smallest absolute Gasteiger partial charge is 0.410 e. The Kier molecular flexibility index (Phi) is 11.6. The number of anilines is 1. The van der Waals surface area contributed by atoms with Gasteiger partial charge in [-0.1, -0.05) is 24.2 Å². The summed E-state index contributed by atoms with van der Waals surface area (Å²) < 4.78 is 15.6. The molecule has 15 heteroatoms. The minimum atomic E-state index is -0.428. The van der Waals surface area contributed by atoms with Gasteiger partial charge in [-0.25, -0.2) is 19.6 Å². The number of benzene rings is 1. The lowest BCUT2D eigenvalue weighted by Crippen LogP contribution is -2.42. The van der Waals surface area contributed by atoms with Crippen LogP contribution in [0, 0.1) is 13.8 Å². The van der Waals surface area contributed by atoms with Gasteiger partial charge in [0.05, 0.1) is 12.3 Å². The number of nitrogens with two attached hydrogens (primary N) is 1. The van der Waals surface area contributed by atoms with Gasteiger partial charge in [-0.05, 0) is 78.3 Å². The number of hydrogen-bond acceptors (Lipinski definition) is 13. The molecule has 14 nitrogen and oxygen atoms in total. The Hall–Kier alpha value is -4.63. The van der Waals surface area contributed by atoms with Gasteiger partial charge in [0.15, 0.2) is 5.01 Å². The van der Waals surface area contributed by atoms with Gasteiger partial charge in [-0.3, -0.25) is 4.79 Å². The standard InChI is InChI=1S/C26H28N6O4S.C10H20N2O2/c1-5-12-35-26(34)21-14(2)28-24(37-21)25(33)32-11-9-20(15(32)3)30-23-19-13-18(22-29-16(4)36-31-22)7-6-17(19)8-10-27-23;1-7-8(11)5-6-12(7)9(13)14-10(2,3)4/h6-8,10,13,15,20H,5,9,11-12H2,1-4H3,(H,27,30);7-8H,5-6,11H2,1-4H3/t15-,20+;7-,8+/m01/s1. The average molecular weight is 721 g/mol. The molecule has 2 aliphatic heterocycles. The molecule has 2 amide bonds. The van der Waals surface area contributed by atoms with Gasteiger partial charge in [-0.15, -0.1) is 11.3 Å². The first kappa shape index (κ1) is 37.6. The van der Waals surface area contributed by atoms with E-state index in [4.69, 9.17) is 19.7 Å². The highest BCUT2D eigenvalue weighted by molar-refractivity contribution is 7.15. The highest BCUT2D eigenvalue weighted by atomic mass is 32.1. The van der Waals surface area contributed by atoms with Crippen LogP contribution in [0.3, 0.4) is 0 Å². The number of carbonyl (C=O) groups is 3. The Morgan fingerprint density at radius 1 is 1.06 bits per heavy atom. The maximum atomic E-state index is 13.3. The summed E-state index contributed by atoms with van der Waals surface area (Å²) in [6, 6.07) is 7.97. The normalized spacial score (nSPS) is 20.3. The SMILES string of the molecule is CCCOC(=O)c1sc(C(=O)N2CC[C@@H](Nc3nccc4ccc(-c5noc(C)n5)cc34)[C@@H]2C)nc1C.C[C@@H]1[C@@H](N)CCN1C(=O)OC(C)(C)C. The average Bonchev–Trinajstić information content (AvgIpc) is 3.87. The molecule has 5 heterocycles. The maximum Gasteiger partial charge on any atom is 0.410 e. The zero-order chi connectivity index (χ0) is 37.0. The van der Waals surface area contributed by atoms with Crippen LogP contribution < -0.4 is 11.1 Å². The van der Waals surface area contributed by atoms with Crippen LogP contribution in [0.2, 0.25) is 0 Å². The van der Waals surface area contributed by atoms with Crippen molar-refractivity contribution >= 4 is 45.9 Å². The molecule has 4 atom stereocenters. The number of ether oxygens (including phenoxy) is 2. The van der Waals surface area contributed by atoms with Crippen molar-refractivity contribution in [2.24, 2.45) is 5.73 Å². The second-order valence-corrected chi connectivity index (χ2v) is 14.9. The molecule has 0 bridgehead atoms. The topological polar surface area (TPSA) is 179 Å². The van der Waals surface area contributed by atoms with Gasteiger partial charge in [0, 0.05) is 61.3 Å². The molecule has 2 fully saturated rings. The Labute approximate surface area is 302 Å². The predicted molar refractivity (Wildman–Crippen MR) is 195 cm³/mol. The van der Waals surface area contributed by atoms with Crippen LogP contribution in [0.1, 0.15) is 91.9 Å². The van der Waals surface area contributed by atoms with Crippen molar-refractivity contribution in [1.29, 1.82) is 0 Å². The van der Waals surface area contributed by atoms with E-state index < -0.39 is 11.6 Å². The first-order valence-corrected chi connectivity index (χ1v) is 18.1. The van der Waals surface area contributed by atoms with Crippen molar-refractivity contribution in [3.05, 3.63) is 51.9 Å². The second-order valence-electron chi connectivity index (χ2n) is 13.9. The van der Waals surface area contributed by atoms with Gasteiger partial charge >= 0.3 is 12.1 Å². The van der Waals surface area contributed by atoms with Crippen molar-refractivity contribution in [2.45, 2.75) is 104 Å². The first-order valence-electron chi connectivity index (χ1n) is 17.3. The van der Waals surface area contributed by atoms with E-state index in [-0.39, 0.29) is 36.2 Å². The largest absolute Gasteiger partial charge is 0.461 e. The molecule has 0 spiro atoms. The molecule has 3 N–H and O–H groups in total. The van der Waals surface area contributed by atoms with Gasteiger partial charge in [-0.2, -0.15) is 4.98 Å². The number of rotatable bonds is 7. The van der Waals surface area contributed by atoms with Crippen molar-refractivity contribution in [2.75, 3.05) is 25.0 Å². The van der Waals surface area contributed by atoms with Crippen LogP contribution in [0.25, 0.3) is 22.2 Å². The van der Waals surface area contributed by atoms with Gasteiger partial charge in [0.1, 0.15) is 16.3 Å². The molecule has 0 unspecified atom stereocenters. The maximum absolute atomic E-state index is 13.3. The summed E-state index contributed by atoms with van der Waals surface area (Å²) >= 11 is 1.09. The third-order valence-electron chi connectivity index (χ3n) is 8.93. The van der Waals surface area contributed by atoms with E-state index in [2.05, 4.69) is 25.4 Å². The van der Waals surface area contributed by atoms with Crippen LogP contribution >= 0.6 is 11.3 Å². The molecule has 4 aromatic rings. The highest BCUT2D eigenvalue weighted by Gasteiger charge is 2.37. The minimum absolute atomic E-state index is 0.00632. The minimum Gasteiger partial charge on any atom is -0.461 e. The molecular weight excluding hydrogens is 673 g/mol. The summed E-state index contributed by atoms with van der Waals surface area (Å²) in [7, 11) is 0. The zero-order valence-corrected chi connectivity index (χ0v) is 31.4. The summed E-state index contributed by atoms with van der Waals surface area (Å²) in [6.07, 6.45) is 3.87. The van der Waals surface area contributed by atoms with Gasteiger partial charge in [0.25, 0.3) is 5.91 Å². The number of aryl methyl sites for hydroxylation is 2. The summed E-state index contributed by atoms with van der Waals surface area (Å²) in [5.41, 5.74) is 6.75. The molecular formula is C36H48N8O6S. The number of amides is 2. The summed E-state index contributed by atoms with van der Waals surface area (Å²) in [6.45, 7) is 16.6. The number of pyridine rings is 1.